The third-order valence-corrected chi connectivity index (χ3v) is 3.69. The van der Waals surface area contributed by atoms with Crippen molar-refractivity contribution in [1.82, 2.24) is 15.5 Å². The molecule has 0 aliphatic carbocycles. The number of hydrogen-bond donors (Lipinski definition) is 1. The number of hydrogen-bond acceptors (Lipinski definition) is 6. The van der Waals surface area contributed by atoms with Gasteiger partial charge in [-0.15, -0.1) is 0 Å². The first-order valence-corrected chi connectivity index (χ1v) is 7.82. The molecule has 1 N–H and O–H groups in total. The number of rotatable bonds is 7. The summed E-state index contributed by atoms with van der Waals surface area (Å²) in [4.78, 5) is 16.2. The van der Waals surface area contributed by atoms with Gasteiger partial charge < -0.3 is 14.6 Å². The Morgan fingerprint density at radius 1 is 1.39 bits per heavy atom. The van der Waals surface area contributed by atoms with E-state index in [0.717, 1.165) is 5.56 Å². The second kappa shape index (κ2) is 8.38. The zero-order chi connectivity index (χ0) is 16.7. The predicted molar refractivity (Wildman–Crippen MR) is 89.8 cm³/mol. The van der Waals surface area contributed by atoms with Gasteiger partial charge in [0.2, 0.25) is 11.7 Å². The average molecular weight is 333 g/mol. The molecular formula is C16H19N3O3S. The molecule has 7 heteroatoms. The molecule has 0 bridgehead atoms. The van der Waals surface area contributed by atoms with Crippen LogP contribution in [0.4, 0.5) is 0 Å². The van der Waals surface area contributed by atoms with Crippen LogP contribution < -0.4 is 5.32 Å². The second-order valence-corrected chi connectivity index (χ2v) is 5.45. The quantitative estimate of drug-likeness (QED) is 0.616. The van der Waals surface area contributed by atoms with Gasteiger partial charge in [0, 0.05) is 17.9 Å². The van der Waals surface area contributed by atoms with Crippen molar-refractivity contribution in [3.8, 4) is 11.4 Å². The van der Waals surface area contributed by atoms with Gasteiger partial charge in [-0.05, 0) is 6.92 Å². The van der Waals surface area contributed by atoms with E-state index in [9.17, 15) is 4.79 Å². The predicted octanol–water partition coefficient (Wildman–Crippen LogP) is 2.40. The molecule has 0 radical (unpaired) electrons. The molecule has 6 nitrogen and oxygen atoms in total. The van der Waals surface area contributed by atoms with Crippen LogP contribution in [0.2, 0.25) is 0 Å². The minimum atomic E-state index is -0.328. The summed E-state index contributed by atoms with van der Waals surface area (Å²) in [5.74, 6) is 0.713. The van der Waals surface area contributed by atoms with Gasteiger partial charge in [-0.2, -0.15) is 4.98 Å². The fourth-order valence-corrected chi connectivity index (χ4v) is 2.10. The van der Waals surface area contributed by atoms with Crippen LogP contribution in [-0.4, -0.2) is 34.3 Å². The lowest BCUT2D eigenvalue weighted by molar-refractivity contribution is -0.141. The minimum absolute atomic E-state index is 0.0245. The van der Waals surface area contributed by atoms with E-state index in [0.29, 0.717) is 29.7 Å². The fraction of sp³-hybridized carbons (Fsp3) is 0.375. The van der Waals surface area contributed by atoms with E-state index in [2.05, 4.69) is 15.5 Å². The molecule has 122 valence electrons. The highest BCUT2D eigenvalue weighted by Gasteiger charge is 2.16. The van der Waals surface area contributed by atoms with E-state index in [1.165, 1.54) is 0 Å². The third-order valence-electron chi connectivity index (χ3n) is 3.14. The van der Waals surface area contributed by atoms with Gasteiger partial charge in [-0.1, -0.05) is 54.6 Å². The van der Waals surface area contributed by atoms with Gasteiger partial charge in [0.05, 0.1) is 11.6 Å². The molecule has 1 atom stereocenters. The number of ether oxygens (including phenoxy) is 1. The van der Waals surface area contributed by atoms with E-state index in [-0.39, 0.29) is 18.4 Å². The van der Waals surface area contributed by atoms with Crippen LogP contribution >= 0.6 is 12.2 Å². The molecule has 23 heavy (non-hydrogen) atoms. The zero-order valence-corrected chi connectivity index (χ0v) is 13.9. The largest absolute Gasteiger partial charge is 0.465 e. The molecule has 0 saturated carbocycles. The highest BCUT2D eigenvalue weighted by Crippen LogP contribution is 2.16. The molecule has 1 unspecified atom stereocenters. The molecule has 1 heterocycles. The van der Waals surface area contributed by atoms with Crippen molar-refractivity contribution in [1.29, 1.82) is 0 Å². The monoisotopic (exact) mass is 333 g/mol. The molecule has 1 aromatic heterocycles. The lowest BCUT2D eigenvalue weighted by atomic mass is 10.1. The Kier molecular flexibility index (Phi) is 6.22. The fourth-order valence-electron chi connectivity index (χ4n) is 1.94. The number of esters is 1. The van der Waals surface area contributed by atoms with Crippen molar-refractivity contribution in [3.63, 3.8) is 0 Å². The maximum Gasteiger partial charge on any atom is 0.325 e. The number of carbonyl (C=O) groups is 1. The second-order valence-electron chi connectivity index (χ2n) is 5.01. The standard InChI is InChI=1S/C16H19N3O3S/c1-3-21-14(20)10-17-16(23)11(2)9-13-18-15(19-22-13)12-7-5-4-6-8-12/h4-8,11H,3,9-10H2,1-2H3,(H,17,23). The SMILES string of the molecule is CCOC(=O)CNC(=S)C(C)Cc1nc(-c2ccccc2)no1. The Morgan fingerprint density at radius 2 is 2.13 bits per heavy atom. The van der Waals surface area contributed by atoms with Crippen molar-refractivity contribution in [3.05, 3.63) is 36.2 Å². The Bertz CT molecular complexity index is 658. The summed E-state index contributed by atoms with van der Waals surface area (Å²) in [5.41, 5.74) is 0.901. The Labute approximate surface area is 140 Å². The molecule has 0 amide bonds. The van der Waals surface area contributed by atoms with Crippen molar-refractivity contribution < 1.29 is 14.1 Å². The van der Waals surface area contributed by atoms with Gasteiger partial charge in [0.15, 0.2) is 0 Å². The Balaban J connectivity index is 1.88. The van der Waals surface area contributed by atoms with Gasteiger partial charge in [0.25, 0.3) is 0 Å². The third kappa shape index (κ3) is 5.14. The van der Waals surface area contributed by atoms with E-state index >= 15 is 0 Å². The molecule has 0 aliphatic rings. The smallest absolute Gasteiger partial charge is 0.325 e. The van der Waals surface area contributed by atoms with E-state index in [4.69, 9.17) is 21.5 Å². The maximum absolute atomic E-state index is 11.3. The summed E-state index contributed by atoms with van der Waals surface area (Å²) in [5, 5.41) is 6.87. The van der Waals surface area contributed by atoms with Crippen LogP contribution in [0.1, 0.15) is 19.7 Å². The maximum atomic E-state index is 11.3. The van der Waals surface area contributed by atoms with Gasteiger partial charge >= 0.3 is 5.97 Å². The van der Waals surface area contributed by atoms with Crippen LogP contribution in [-0.2, 0) is 16.0 Å². The van der Waals surface area contributed by atoms with Gasteiger partial charge in [-0.25, -0.2) is 0 Å². The number of aromatic nitrogens is 2. The molecule has 0 aliphatic heterocycles. The van der Waals surface area contributed by atoms with E-state index in [1.807, 2.05) is 37.3 Å². The number of nitrogens with one attached hydrogen (secondary N) is 1. The van der Waals surface area contributed by atoms with Gasteiger partial charge in [-0.3, -0.25) is 4.79 Å². The van der Waals surface area contributed by atoms with Crippen molar-refractivity contribution in [2.75, 3.05) is 13.2 Å². The molecule has 2 rings (SSSR count). The van der Waals surface area contributed by atoms with Crippen LogP contribution in [0.3, 0.4) is 0 Å². The van der Waals surface area contributed by atoms with Crippen LogP contribution in [0.5, 0.6) is 0 Å². The molecular weight excluding hydrogens is 314 g/mol. The zero-order valence-electron chi connectivity index (χ0n) is 13.1. The Hall–Kier alpha value is -2.28. The first-order valence-electron chi connectivity index (χ1n) is 7.41. The van der Waals surface area contributed by atoms with E-state index < -0.39 is 0 Å². The van der Waals surface area contributed by atoms with Crippen molar-refractivity contribution in [2.45, 2.75) is 20.3 Å². The summed E-state index contributed by atoms with van der Waals surface area (Å²) in [6, 6.07) is 9.61. The number of thiocarbonyl (C=S) groups is 1. The number of benzene rings is 1. The molecule has 0 spiro atoms. The summed E-state index contributed by atoms with van der Waals surface area (Å²) < 4.78 is 10.1. The summed E-state index contributed by atoms with van der Waals surface area (Å²) in [6.45, 7) is 4.12. The van der Waals surface area contributed by atoms with Gasteiger partial charge in [0.1, 0.15) is 6.54 Å². The summed E-state index contributed by atoms with van der Waals surface area (Å²) in [6.07, 6.45) is 0.508. The summed E-state index contributed by atoms with van der Waals surface area (Å²) in [7, 11) is 0. The van der Waals surface area contributed by atoms with E-state index in [1.54, 1.807) is 6.92 Å². The first-order chi connectivity index (χ1) is 11.1. The molecule has 0 saturated heterocycles. The highest BCUT2D eigenvalue weighted by molar-refractivity contribution is 7.80. The van der Waals surface area contributed by atoms with Crippen molar-refractivity contribution >= 4 is 23.2 Å². The topological polar surface area (TPSA) is 77.2 Å². The normalized spacial score (nSPS) is 11.7. The lowest BCUT2D eigenvalue weighted by Gasteiger charge is -2.12. The number of nitrogens with zero attached hydrogens (tertiary/aromatic N) is 2. The average Bonchev–Trinajstić information content (AvgIpc) is 3.02. The highest BCUT2D eigenvalue weighted by atomic mass is 32.1. The molecule has 0 fully saturated rings. The number of carbonyl (C=O) groups excluding carboxylic acids is 1. The summed E-state index contributed by atoms with van der Waals surface area (Å²) >= 11 is 5.27. The molecule has 2 aromatic rings. The Morgan fingerprint density at radius 3 is 2.83 bits per heavy atom. The van der Waals surface area contributed by atoms with Crippen LogP contribution in [0, 0.1) is 5.92 Å². The van der Waals surface area contributed by atoms with Crippen molar-refractivity contribution in [2.24, 2.45) is 5.92 Å². The minimum Gasteiger partial charge on any atom is -0.465 e. The van der Waals surface area contributed by atoms with Crippen LogP contribution in [0.15, 0.2) is 34.9 Å². The van der Waals surface area contributed by atoms with Crippen LogP contribution in [0.25, 0.3) is 11.4 Å². The first kappa shape index (κ1) is 17.1. The molecule has 1 aromatic carbocycles. The lowest BCUT2D eigenvalue weighted by Crippen LogP contribution is -2.33.